The number of fused-ring (bicyclic) bond motifs is 1. The maximum atomic E-state index is 13.1. The van der Waals surface area contributed by atoms with Crippen LogP contribution in [-0.4, -0.2) is 64.4 Å². The lowest BCUT2D eigenvalue weighted by Gasteiger charge is -2.38. The lowest BCUT2D eigenvalue weighted by molar-refractivity contribution is -0.141. The average molecular weight is 693 g/mol. The largest absolute Gasteiger partial charge is 0.480 e. The Morgan fingerprint density at radius 2 is 1.67 bits per heavy atom. The topological polar surface area (TPSA) is 143 Å². The number of carboxylic acids is 1. The highest BCUT2D eigenvalue weighted by molar-refractivity contribution is 7.89. The molecule has 4 aromatic rings. The van der Waals surface area contributed by atoms with Gasteiger partial charge in [-0.1, -0.05) is 42.5 Å². The van der Waals surface area contributed by atoms with Crippen LogP contribution in [0.5, 0.6) is 0 Å². The number of sulfonamides is 1. The minimum Gasteiger partial charge on any atom is -0.480 e. The van der Waals surface area contributed by atoms with Gasteiger partial charge in [0.05, 0.1) is 21.4 Å². The molecule has 45 heavy (non-hydrogen) atoms. The third-order valence-corrected chi connectivity index (χ3v) is 9.99. The Kier molecular flexibility index (Phi) is 10.3. The third kappa shape index (κ3) is 7.84. The second-order valence-corrected chi connectivity index (χ2v) is 13.0. The van der Waals surface area contributed by atoms with Gasteiger partial charge in [0, 0.05) is 38.2 Å². The first-order valence-electron chi connectivity index (χ1n) is 13.2. The van der Waals surface area contributed by atoms with Crippen LogP contribution < -0.4 is 10.6 Å². The number of anilines is 1. The van der Waals surface area contributed by atoms with Crippen molar-refractivity contribution in [3.63, 3.8) is 0 Å². The third-order valence-electron chi connectivity index (χ3n) is 6.84. The standard InChI is InChI=1S/C17H13ClF3N5O4S2.C10H13F2N/c18-15-22-7-12-13(23-15)24-16(31-12)25-5-6-26(11(8-25)14(27)28)32(29,30)10-3-1-9(2-4-10)17(19,20)21;1-2-10(11,12)9-5-3-8(7-13)4-6-9/h1-4,7,11H,5-6,8H2,(H,27,28);3-6H,2,7,13H2,1H3/t11-;/m1./s1. The van der Waals surface area contributed by atoms with Crippen molar-refractivity contribution in [1.29, 1.82) is 0 Å². The maximum absolute atomic E-state index is 13.1. The van der Waals surface area contributed by atoms with Gasteiger partial charge in [0.25, 0.3) is 5.92 Å². The molecule has 242 valence electrons. The molecule has 0 radical (unpaired) electrons. The first-order valence-corrected chi connectivity index (χ1v) is 15.8. The highest BCUT2D eigenvalue weighted by atomic mass is 35.5. The van der Waals surface area contributed by atoms with Gasteiger partial charge in [-0.3, -0.25) is 4.79 Å². The molecule has 3 N–H and O–H groups in total. The van der Waals surface area contributed by atoms with Crippen molar-refractivity contribution in [1.82, 2.24) is 19.3 Å². The number of piperazine rings is 1. The van der Waals surface area contributed by atoms with E-state index in [1.54, 1.807) is 17.0 Å². The Labute approximate surface area is 263 Å². The minimum atomic E-state index is -4.62. The van der Waals surface area contributed by atoms with Crippen molar-refractivity contribution < 1.29 is 40.3 Å². The molecule has 1 aliphatic heterocycles. The van der Waals surface area contributed by atoms with Crippen LogP contribution in [0.1, 0.15) is 30.0 Å². The zero-order chi connectivity index (χ0) is 33.2. The number of nitrogens with zero attached hydrogens (tertiary/aromatic N) is 5. The molecule has 0 spiro atoms. The molecule has 5 rings (SSSR count). The van der Waals surface area contributed by atoms with Crippen molar-refractivity contribution in [2.75, 3.05) is 24.5 Å². The summed E-state index contributed by atoms with van der Waals surface area (Å²) in [5.74, 6) is -4.11. The van der Waals surface area contributed by atoms with E-state index in [0.29, 0.717) is 34.2 Å². The summed E-state index contributed by atoms with van der Waals surface area (Å²) in [4.78, 5) is 25.2. The second kappa shape index (κ2) is 13.5. The molecule has 2 aromatic heterocycles. The number of carboxylic acid groups (broad SMARTS) is 1. The van der Waals surface area contributed by atoms with Gasteiger partial charge in [-0.2, -0.15) is 27.4 Å². The summed E-state index contributed by atoms with van der Waals surface area (Å²) in [6.45, 7) is 1.55. The Morgan fingerprint density at radius 1 is 1.04 bits per heavy atom. The van der Waals surface area contributed by atoms with E-state index in [4.69, 9.17) is 17.3 Å². The van der Waals surface area contributed by atoms with Gasteiger partial charge in [0.1, 0.15) is 6.04 Å². The number of carbonyl (C=O) groups is 1. The summed E-state index contributed by atoms with van der Waals surface area (Å²) in [5.41, 5.74) is 5.61. The second-order valence-electron chi connectivity index (χ2n) is 9.72. The normalized spacial score (nSPS) is 16.4. The highest BCUT2D eigenvalue weighted by Gasteiger charge is 2.41. The van der Waals surface area contributed by atoms with Gasteiger partial charge in [-0.25, -0.2) is 22.2 Å². The van der Waals surface area contributed by atoms with Gasteiger partial charge in [0.15, 0.2) is 10.8 Å². The van der Waals surface area contributed by atoms with Gasteiger partial charge in [-0.15, -0.1) is 0 Å². The molecule has 0 aliphatic carbocycles. The summed E-state index contributed by atoms with van der Waals surface area (Å²) >= 11 is 6.95. The Hall–Kier alpha value is -3.51. The molecule has 1 fully saturated rings. The average Bonchev–Trinajstić information content (AvgIpc) is 3.44. The molecular weight excluding hydrogens is 667 g/mol. The van der Waals surface area contributed by atoms with Crippen molar-refractivity contribution in [3.05, 3.63) is 76.7 Å². The Bertz CT molecular complexity index is 1760. The molecule has 0 unspecified atom stereocenters. The smallest absolute Gasteiger partial charge is 0.416 e. The number of nitrogens with two attached hydrogens (primary N) is 1. The predicted octanol–water partition coefficient (Wildman–Crippen LogP) is 5.37. The number of thiazole rings is 1. The first-order chi connectivity index (χ1) is 21.1. The molecule has 10 nitrogen and oxygen atoms in total. The van der Waals surface area contributed by atoms with Gasteiger partial charge >= 0.3 is 12.1 Å². The quantitative estimate of drug-likeness (QED) is 0.193. The Morgan fingerprint density at radius 3 is 2.22 bits per heavy atom. The molecule has 0 saturated carbocycles. The number of aromatic nitrogens is 3. The van der Waals surface area contributed by atoms with Crippen LogP contribution in [0.15, 0.2) is 59.6 Å². The molecule has 1 saturated heterocycles. The van der Waals surface area contributed by atoms with Crippen LogP contribution in [0, 0.1) is 0 Å². The summed E-state index contributed by atoms with van der Waals surface area (Å²) in [5, 5.41) is 10.1. The molecule has 0 bridgehead atoms. The van der Waals surface area contributed by atoms with Crippen LogP contribution in [0.25, 0.3) is 10.3 Å². The van der Waals surface area contributed by atoms with E-state index in [0.717, 1.165) is 22.0 Å². The van der Waals surface area contributed by atoms with E-state index in [1.165, 1.54) is 36.6 Å². The first kappa shape index (κ1) is 34.4. The van der Waals surface area contributed by atoms with Gasteiger partial charge in [-0.05, 0) is 41.4 Å². The van der Waals surface area contributed by atoms with Crippen molar-refractivity contribution in [3.8, 4) is 0 Å². The number of halogens is 6. The number of benzene rings is 2. The highest BCUT2D eigenvalue weighted by Crippen LogP contribution is 2.33. The fourth-order valence-corrected chi connectivity index (χ4v) is 6.91. The number of alkyl halides is 5. The van der Waals surface area contributed by atoms with E-state index in [2.05, 4.69) is 15.0 Å². The van der Waals surface area contributed by atoms with Crippen LogP contribution >= 0.6 is 22.9 Å². The minimum absolute atomic E-state index is 0.00483. The summed E-state index contributed by atoms with van der Waals surface area (Å²) in [6.07, 6.45) is -3.32. The lowest BCUT2D eigenvalue weighted by Crippen LogP contribution is -2.58. The van der Waals surface area contributed by atoms with Gasteiger partial charge < -0.3 is 15.7 Å². The number of hydrogen-bond donors (Lipinski definition) is 2. The SMILES string of the molecule is CCC(F)(F)c1ccc(CN)cc1.O=C(O)[C@H]1CN(c2nc3nc(Cl)ncc3s2)CCN1S(=O)(=O)c1ccc(C(F)(F)F)cc1. The summed E-state index contributed by atoms with van der Waals surface area (Å²) < 4.78 is 91.9. The monoisotopic (exact) mass is 692 g/mol. The predicted molar refractivity (Wildman–Crippen MR) is 158 cm³/mol. The molecular formula is C27H26ClF5N6O4S2. The summed E-state index contributed by atoms with van der Waals surface area (Å²) in [7, 11) is -4.35. The van der Waals surface area contributed by atoms with Gasteiger partial charge in [0.2, 0.25) is 15.3 Å². The molecule has 1 aliphatic rings. The van der Waals surface area contributed by atoms with E-state index in [9.17, 15) is 40.3 Å². The maximum Gasteiger partial charge on any atom is 0.416 e. The molecule has 3 heterocycles. The zero-order valence-corrected chi connectivity index (χ0v) is 25.8. The van der Waals surface area contributed by atoms with Crippen molar-refractivity contribution in [2.24, 2.45) is 5.73 Å². The van der Waals surface area contributed by atoms with E-state index < -0.39 is 44.6 Å². The van der Waals surface area contributed by atoms with E-state index >= 15 is 0 Å². The molecule has 2 aromatic carbocycles. The molecule has 18 heteroatoms. The van der Waals surface area contributed by atoms with Crippen LogP contribution in [-0.2, 0) is 33.5 Å². The Balaban J connectivity index is 0.000000297. The molecule has 0 amide bonds. The van der Waals surface area contributed by atoms with Crippen LogP contribution in [0.2, 0.25) is 5.28 Å². The number of hydrogen-bond acceptors (Lipinski definition) is 9. The molecule has 1 atom stereocenters. The van der Waals surface area contributed by atoms with Crippen LogP contribution in [0.4, 0.5) is 27.1 Å². The zero-order valence-electron chi connectivity index (χ0n) is 23.4. The van der Waals surface area contributed by atoms with E-state index in [1.807, 2.05) is 0 Å². The fraction of sp³-hybridized carbons (Fsp3) is 0.333. The van der Waals surface area contributed by atoms with E-state index in [-0.39, 0.29) is 36.9 Å². The lowest BCUT2D eigenvalue weighted by atomic mass is 10.0. The van der Waals surface area contributed by atoms with Crippen molar-refractivity contribution in [2.45, 2.75) is 42.9 Å². The van der Waals surface area contributed by atoms with Crippen molar-refractivity contribution >= 4 is 54.4 Å². The number of aliphatic carboxylic acids is 1. The van der Waals surface area contributed by atoms with Crippen LogP contribution in [0.3, 0.4) is 0 Å². The fourth-order valence-electron chi connectivity index (χ4n) is 4.31. The summed E-state index contributed by atoms with van der Waals surface area (Å²) in [6, 6.07) is 7.60. The number of rotatable bonds is 7.